The number of aliphatic imine (C=N–C) groups is 1. The van der Waals surface area contributed by atoms with Crippen molar-refractivity contribution < 1.29 is 0 Å². The first-order valence-corrected chi connectivity index (χ1v) is 10.7. The Bertz CT molecular complexity index is 729. The molecule has 3 N–H and O–H groups in total. The third-order valence-electron chi connectivity index (χ3n) is 5.69. The predicted molar refractivity (Wildman–Crippen MR) is 119 cm³/mol. The van der Waals surface area contributed by atoms with Crippen LogP contribution in [0.25, 0.3) is 10.9 Å². The number of fused-ring (bicyclic) bond motifs is 1. The number of rotatable bonds is 9. The van der Waals surface area contributed by atoms with Crippen molar-refractivity contribution in [3.63, 3.8) is 0 Å². The minimum atomic E-state index is 0.878. The van der Waals surface area contributed by atoms with E-state index in [0.717, 1.165) is 25.5 Å². The van der Waals surface area contributed by atoms with Gasteiger partial charge in [0, 0.05) is 63.4 Å². The molecule has 3 rings (SSSR count). The molecule has 0 atom stereocenters. The fourth-order valence-corrected chi connectivity index (χ4v) is 3.87. The maximum absolute atomic E-state index is 4.35. The second-order valence-electron chi connectivity index (χ2n) is 7.52. The van der Waals surface area contributed by atoms with Gasteiger partial charge in [-0.2, -0.15) is 0 Å². The van der Waals surface area contributed by atoms with Crippen molar-refractivity contribution in [2.24, 2.45) is 4.99 Å². The van der Waals surface area contributed by atoms with Gasteiger partial charge in [-0.3, -0.25) is 4.99 Å². The minimum absolute atomic E-state index is 0.878. The van der Waals surface area contributed by atoms with Crippen molar-refractivity contribution in [1.82, 2.24) is 25.4 Å². The number of unbranched alkanes of at least 4 members (excludes halogenated alkanes) is 1. The van der Waals surface area contributed by atoms with Crippen molar-refractivity contribution in [3.8, 4) is 0 Å². The predicted octanol–water partition coefficient (Wildman–Crippen LogP) is 2.29. The van der Waals surface area contributed by atoms with Crippen LogP contribution in [-0.2, 0) is 6.42 Å². The van der Waals surface area contributed by atoms with Gasteiger partial charge in [-0.05, 0) is 44.0 Å². The fraction of sp³-hybridized carbons (Fsp3) is 0.591. The summed E-state index contributed by atoms with van der Waals surface area (Å²) in [5.74, 6) is 0.899. The molecule has 0 unspecified atom stereocenters. The Morgan fingerprint density at radius 3 is 2.57 bits per heavy atom. The third-order valence-corrected chi connectivity index (χ3v) is 5.69. The lowest BCUT2D eigenvalue weighted by Gasteiger charge is -2.34. The number of aromatic nitrogens is 1. The maximum atomic E-state index is 4.35. The quantitative estimate of drug-likeness (QED) is 0.353. The van der Waals surface area contributed by atoms with Crippen LogP contribution in [0, 0.1) is 0 Å². The van der Waals surface area contributed by atoms with E-state index in [1.165, 1.54) is 68.6 Å². The number of H-pyrrole nitrogens is 1. The van der Waals surface area contributed by atoms with Crippen LogP contribution in [0.2, 0.25) is 0 Å². The first-order valence-electron chi connectivity index (χ1n) is 10.7. The molecule has 0 bridgehead atoms. The van der Waals surface area contributed by atoms with Crippen molar-refractivity contribution in [2.45, 2.75) is 26.2 Å². The molecule has 1 aliphatic heterocycles. The van der Waals surface area contributed by atoms with E-state index in [4.69, 9.17) is 0 Å². The average Bonchev–Trinajstić information content (AvgIpc) is 3.16. The van der Waals surface area contributed by atoms with Crippen LogP contribution in [-0.4, -0.2) is 80.1 Å². The van der Waals surface area contributed by atoms with Gasteiger partial charge in [0.25, 0.3) is 0 Å². The molecule has 1 saturated heterocycles. The topological polar surface area (TPSA) is 58.7 Å². The van der Waals surface area contributed by atoms with Crippen LogP contribution in [0.1, 0.15) is 25.3 Å². The summed E-state index contributed by atoms with van der Waals surface area (Å²) in [5.41, 5.74) is 2.55. The lowest BCUT2D eigenvalue weighted by molar-refractivity contribution is 0.136. The Morgan fingerprint density at radius 1 is 1.04 bits per heavy atom. The van der Waals surface area contributed by atoms with Crippen molar-refractivity contribution in [2.75, 3.05) is 59.4 Å². The molecule has 2 aromatic rings. The number of nitrogens with zero attached hydrogens (tertiary/aromatic N) is 3. The molecule has 1 fully saturated rings. The number of benzene rings is 1. The van der Waals surface area contributed by atoms with Crippen LogP contribution in [0.15, 0.2) is 35.5 Å². The first-order chi connectivity index (χ1) is 13.8. The monoisotopic (exact) mass is 384 g/mol. The van der Waals surface area contributed by atoms with E-state index in [9.17, 15) is 0 Å². The van der Waals surface area contributed by atoms with Crippen LogP contribution in [0.5, 0.6) is 0 Å². The number of likely N-dealkylation sites (N-methyl/N-ethyl adjacent to an activating group) is 1. The Hall–Kier alpha value is -2.05. The Labute approximate surface area is 169 Å². The second-order valence-corrected chi connectivity index (χ2v) is 7.52. The summed E-state index contributed by atoms with van der Waals surface area (Å²) in [6.07, 6.45) is 5.51. The number of piperazine rings is 1. The molecule has 0 spiro atoms. The fourth-order valence-electron chi connectivity index (χ4n) is 3.87. The summed E-state index contributed by atoms with van der Waals surface area (Å²) in [6.45, 7) is 11.4. The van der Waals surface area contributed by atoms with Crippen LogP contribution < -0.4 is 10.6 Å². The summed E-state index contributed by atoms with van der Waals surface area (Å²) in [4.78, 5) is 12.8. The van der Waals surface area contributed by atoms with Gasteiger partial charge in [-0.15, -0.1) is 0 Å². The van der Waals surface area contributed by atoms with Gasteiger partial charge in [0.15, 0.2) is 5.96 Å². The largest absolute Gasteiger partial charge is 0.361 e. The van der Waals surface area contributed by atoms with Gasteiger partial charge < -0.3 is 25.4 Å². The van der Waals surface area contributed by atoms with Gasteiger partial charge in [-0.1, -0.05) is 25.1 Å². The van der Waals surface area contributed by atoms with Crippen LogP contribution >= 0.6 is 0 Å². The number of guanidine groups is 1. The average molecular weight is 385 g/mol. The summed E-state index contributed by atoms with van der Waals surface area (Å²) >= 11 is 0. The Morgan fingerprint density at radius 2 is 1.79 bits per heavy atom. The number of nitrogens with one attached hydrogen (secondary N) is 3. The summed E-state index contributed by atoms with van der Waals surface area (Å²) < 4.78 is 0. The summed E-state index contributed by atoms with van der Waals surface area (Å²) in [6, 6.07) is 8.46. The van der Waals surface area contributed by atoms with Gasteiger partial charge in [0.05, 0.1) is 0 Å². The first kappa shape index (κ1) is 20.7. The zero-order valence-corrected chi connectivity index (χ0v) is 17.5. The molecule has 0 saturated carbocycles. The molecule has 0 radical (unpaired) electrons. The van der Waals surface area contributed by atoms with Crippen LogP contribution in [0.4, 0.5) is 0 Å². The van der Waals surface area contributed by atoms with E-state index in [2.05, 4.69) is 67.8 Å². The van der Waals surface area contributed by atoms with Gasteiger partial charge in [0.1, 0.15) is 0 Å². The van der Waals surface area contributed by atoms with E-state index in [1.807, 2.05) is 7.05 Å². The number of hydrogen-bond donors (Lipinski definition) is 3. The zero-order chi connectivity index (χ0) is 19.6. The van der Waals surface area contributed by atoms with E-state index in [1.54, 1.807) is 0 Å². The molecule has 154 valence electrons. The molecule has 1 aromatic heterocycles. The van der Waals surface area contributed by atoms with E-state index in [0.29, 0.717) is 0 Å². The van der Waals surface area contributed by atoms with E-state index < -0.39 is 0 Å². The molecular formula is C22H36N6. The third kappa shape index (κ3) is 5.97. The lowest BCUT2D eigenvalue weighted by Crippen LogP contribution is -2.46. The highest BCUT2D eigenvalue weighted by molar-refractivity contribution is 5.83. The molecule has 6 heteroatoms. The molecule has 6 nitrogen and oxygen atoms in total. The molecule has 28 heavy (non-hydrogen) atoms. The molecule has 0 amide bonds. The summed E-state index contributed by atoms with van der Waals surface area (Å²) in [5, 5.41) is 8.19. The maximum Gasteiger partial charge on any atom is 0.190 e. The normalized spacial score (nSPS) is 16.6. The van der Waals surface area contributed by atoms with Gasteiger partial charge in [-0.25, -0.2) is 0 Å². The van der Waals surface area contributed by atoms with Gasteiger partial charge in [0.2, 0.25) is 0 Å². The molecule has 0 aliphatic carbocycles. The van der Waals surface area contributed by atoms with Crippen molar-refractivity contribution >= 4 is 16.9 Å². The van der Waals surface area contributed by atoms with E-state index >= 15 is 0 Å². The molecule has 1 aromatic carbocycles. The van der Waals surface area contributed by atoms with Crippen molar-refractivity contribution in [1.29, 1.82) is 0 Å². The highest BCUT2D eigenvalue weighted by atomic mass is 15.3. The summed E-state index contributed by atoms with van der Waals surface area (Å²) in [7, 11) is 1.84. The Balaban J connectivity index is 1.28. The lowest BCUT2D eigenvalue weighted by atomic mass is 10.1. The van der Waals surface area contributed by atoms with Gasteiger partial charge >= 0.3 is 0 Å². The number of para-hydroxylation sites is 1. The second kappa shape index (κ2) is 11.1. The Kier molecular flexibility index (Phi) is 8.18. The smallest absolute Gasteiger partial charge is 0.190 e. The van der Waals surface area contributed by atoms with E-state index in [-0.39, 0.29) is 0 Å². The minimum Gasteiger partial charge on any atom is -0.361 e. The SMILES string of the molecule is CCN1CCN(CCCCNC(=NC)NCCc2c[nH]c3ccccc23)CC1. The molecule has 1 aliphatic rings. The number of aromatic amines is 1. The van der Waals surface area contributed by atoms with Crippen molar-refractivity contribution in [3.05, 3.63) is 36.0 Å². The molecule has 2 heterocycles. The molecular weight excluding hydrogens is 348 g/mol. The highest BCUT2D eigenvalue weighted by Crippen LogP contribution is 2.17. The standard InChI is InChI=1S/C22H36N6/c1-3-27-14-16-28(17-15-27)13-7-6-11-24-22(23-2)25-12-10-19-18-26-21-9-5-4-8-20(19)21/h4-5,8-9,18,26H,3,6-7,10-17H2,1-2H3,(H2,23,24,25). The zero-order valence-electron chi connectivity index (χ0n) is 17.5. The van der Waals surface area contributed by atoms with Crippen LogP contribution in [0.3, 0.4) is 0 Å². The highest BCUT2D eigenvalue weighted by Gasteiger charge is 2.14. The number of hydrogen-bond acceptors (Lipinski definition) is 3.